The molecular weight excluding hydrogens is 411 g/mol. The van der Waals surface area contributed by atoms with Crippen molar-refractivity contribution in [3.63, 3.8) is 0 Å². The molecule has 0 radical (unpaired) electrons. The van der Waals surface area contributed by atoms with E-state index in [2.05, 4.69) is 10.3 Å². The minimum Gasteiger partial charge on any atom is -0.449 e. The third-order valence-electron chi connectivity index (χ3n) is 4.06. The minimum absolute atomic E-state index is 0.306. The number of hydrogen-bond donors (Lipinski definition) is 1. The van der Waals surface area contributed by atoms with Gasteiger partial charge in [0.1, 0.15) is 5.82 Å². The van der Waals surface area contributed by atoms with Gasteiger partial charge in [-0.2, -0.15) is 0 Å². The quantitative estimate of drug-likeness (QED) is 0.419. The number of ether oxygens (including phenoxy) is 1. The normalized spacial score (nSPS) is 11.7. The van der Waals surface area contributed by atoms with Crippen LogP contribution in [0.1, 0.15) is 28.5 Å². The van der Waals surface area contributed by atoms with Gasteiger partial charge in [0.25, 0.3) is 5.91 Å². The molecule has 1 heterocycles. The predicted molar refractivity (Wildman–Crippen MR) is 113 cm³/mol. The van der Waals surface area contributed by atoms with Gasteiger partial charge >= 0.3 is 5.97 Å². The first-order valence-corrected chi connectivity index (χ1v) is 10.7. The van der Waals surface area contributed by atoms with Crippen LogP contribution >= 0.6 is 23.1 Å². The van der Waals surface area contributed by atoms with Crippen LogP contribution in [0.25, 0.3) is 0 Å². The van der Waals surface area contributed by atoms with Crippen molar-refractivity contribution in [3.05, 3.63) is 76.0 Å². The van der Waals surface area contributed by atoms with E-state index in [9.17, 15) is 14.0 Å². The number of aromatic nitrogens is 1. The smallest absolute Gasteiger partial charge is 0.340 e. The van der Waals surface area contributed by atoms with Crippen molar-refractivity contribution in [3.8, 4) is 0 Å². The standard InChI is InChI=1S/C21H19FN2O3S2/c1-13-7-8-15(9-18(13)22)24-20(25)14(2)27-21(26)17-5-3-4-6-19(17)29-11-16-10-28-12-23-16/h3-10,12,14H,11H2,1-2H3,(H,24,25). The lowest BCUT2D eigenvalue weighted by molar-refractivity contribution is -0.123. The van der Waals surface area contributed by atoms with Crippen LogP contribution in [0.15, 0.2) is 58.3 Å². The SMILES string of the molecule is Cc1ccc(NC(=O)C(C)OC(=O)c2ccccc2SCc2cscn2)cc1F. The summed E-state index contributed by atoms with van der Waals surface area (Å²) >= 11 is 2.99. The molecular formula is C21H19FN2O3S2. The fourth-order valence-electron chi connectivity index (χ4n) is 2.41. The van der Waals surface area contributed by atoms with Crippen LogP contribution in [0.2, 0.25) is 0 Å². The average molecular weight is 431 g/mol. The van der Waals surface area contributed by atoms with Crippen LogP contribution in [0.3, 0.4) is 0 Å². The van der Waals surface area contributed by atoms with Crippen molar-refractivity contribution in [1.29, 1.82) is 0 Å². The Kier molecular flexibility index (Phi) is 7.00. The Bertz CT molecular complexity index is 1010. The van der Waals surface area contributed by atoms with E-state index >= 15 is 0 Å². The summed E-state index contributed by atoms with van der Waals surface area (Å²) in [6.45, 7) is 3.11. The fraction of sp³-hybridized carbons (Fsp3) is 0.190. The van der Waals surface area contributed by atoms with Crippen molar-refractivity contribution in [2.75, 3.05) is 5.32 Å². The maximum atomic E-state index is 13.6. The Labute approximate surface area is 176 Å². The largest absolute Gasteiger partial charge is 0.449 e. The molecule has 5 nitrogen and oxygen atoms in total. The van der Waals surface area contributed by atoms with E-state index < -0.39 is 23.8 Å². The number of esters is 1. The summed E-state index contributed by atoms with van der Waals surface area (Å²) in [5.74, 6) is -0.917. The molecule has 0 saturated heterocycles. The van der Waals surface area contributed by atoms with Crippen LogP contribution < -0.4 is 5.32 Å². The first-order chi connectivity index (χ1) is 13.9. The second-order valence-corrected chi connectivity index (χ2v) is 8.00. The third kappa shape index (κ3) is 5.65. The number of thioether (sulfide) groups is 1. The molecule has 29 heavy (non-hydrogen) atoms. The number of nitrogens with zero attached hydrogens (tertiary/aromatic N) is 1. The third-order valence-corrected chi connectivity index (χ3v) is 5.80. The molecule has 0 spiro atoms. The summed E-state index contributed by atoms with van der Waals surface area (Å²) in [4.78, 5) is 29.9. The van der Waals surface area contributed by atoms with Crippen LogP contribution in [-0.2, 0) is 15.3 Å². The molecule has 3 rings (SSSR count). The topological polar surface area (TPSA) is 68.3 Å². The number of hydrogen-bond acceptors (Lipinski definition) is 6. The molecule has 2 aromatic carbocycles. The highest BCUT2D eigenvalue weighted by molar-refractivity contribution is 7.98. The number of benzene rings is 2. The second kappa shape index (κ2) is 9.67. The Morgan fingerprint density at radius 1 is 1.28 bits per heavy atom. The fourth-order valence-corrected chi connectivity index (χ4v) is 4.02. The van der Waals surface area contributed by atoms with Gasteiger partial charge < -0.3 is 10.1 Å². The van der Waals surface area contributed by atoms with Crippen molar-refractivity contribution in [2.45, 2.75) is 30.6 Å². The van der Waals surface area contributed by atoms with Gasteiger partial charge in [-0.25, -0.2) is 14.2 Å². The Hall–Kier alpha value is -2.71. The number of nitrogens with one attached hydrogen (secondary N) is 1. The molecule has 0 bridgehead atoms. The minimum atomic E-state index is -1.04. The molecule has 8 heteroatoms. The molecule has 150 valence electrons. The van der Waals surface area contributed by atoms with Crippen molar-refractivity contribution >= 4 is 40.7 Å². The lowest BCUT2D eigenvalue weighted by Gasteiger charge is -2.15. The van der Waals surface area contributed by atoms with E-state index in [-0.39, 0.29) is 0 Å². The van der Waals surface area contributed by atoms with Crippen molar-refractivity contribution < 1.29 is 18.7 Å². The first-order valence-electron chi connectivity index (χ1n) is 8.81. The summed E-state index contributed by atoms with van der Waals surface area (Å²) in [5, 5.41) is 4.51. The first kappa shape index (κ1) is 21.0. The summed E-state index contributed by atoms with van der Waals surface area (Å²) in [6.07, 6.45) is -1.04. The highest BCUT2D eigenvalue weighted by Crippen LogP contribution is 2.27. The zero-order valence-electron chi connectivity index (χ0n) is 15.8. The average Bonchev–Trinajstić information content (AvgIpc) is 3.23. The van der Waals surface area contributed by atoms with Crippen LogP contribution in [0.5, 0.6) is 0 Å². The van der Waals surface area contributed by atoms with Gasteiger partial charge in [-0.15, -0.1) is 23.1 Å². The molecule has 0 aliphatic carbocycles. The molecule has 3 aromatic rings. The predicted octanol–water partition coefficient (Wildman–Crippen LogP) is 5.07. The molecule has 0 aliphatic heterocycles. The summed E-state index contributed by atoms with van der Waals surface area (Å²) in [7, 11) is 0. The second-order valence-electron chi connectivity index (χ2n) is 6.27. The van der Waals surface area contributed by atoms with E-state index in [0.29, 0.717) is 22.6 Å². The lowest BCUT2D eigenvalue weighted by Crippen LogP contribution is -2.30. The van der Waals surface area contributed by atoms with E-state index in [1.54, 1.807) is 36.7 Å². The van der Waals surface area contributed by atoms with Crippen molar-refractivity contribution in [1.82, 2.24) is 4.98 Å². The van der Waals surface area contributed by atoms with Crippen LogP contribution in [-0.4, -0.2) is 23.0 Å². The van der Waals surface area contributed by atoms with E-state index in [0.717, 1.165) is 10.6 Å². The summed E-state index contributed by atoms with van der Waals surface area (Å²) in [5.41, 5.74) is 3.86. The number of carbonyl (C=O) groups is 2. The number of amides is 1. The van der Waals surface area contributed by atoms with Crippen LogP contribution in [0, 0.1) is 12.7 Å². The van der Waals surface area contributed by atoms with E-state index in [4.69, 9.17) is 4.74 Å². The molecule has 0 saturated carbocycles. The number of halogens is 1. The molecule has 1 N–H and O–H groups in total. The zero-order chi connectivity index (χ0) is 20.8. The number of thiazole rings is 1. The van der Waals surface area contributed by atoms with Crippen molar-refractivity contribution in [2.24, 2.45) is 0 Å². The highest BCUT2D eigenvalue weighted by Gasteiger charge is 2.21. The Morgan fingerprint density at radius 3 is 2.79 bits per heavy atom. The zero-order valence-corrected chi connectivity index (χ0v) is 17.5. The van der Waals surface area contributed by atoms with E-state index in [1.165, 1.54) is 36.1 Å². The van der Waals surface area contributed by atoms with E-state index in [1.807, 2.05) is 17.5 Å². The highest BCUT2D eigenvalue weighted by atomic mass is 32.2. The van der Waals surface area contributed by atoms with Gasteiger partial charge in [-0.05, 0) is 43.7 Å². The van der Waals surface area contributed by atoms with Crippen LogP contribution in [0.4, 0.5) is 10.1 Å². The van der Waals surface area contributed by atoms with Gasteiger partial charge in [0.2, 0.25) is 0 Å². The molecule has 1 amide bonds. The van der Waals surface area contributed by atoms with Gasteiger partial charge in [0, 0.05) is 21.7 Å². The van der Waals surface area contributed by atoms with Gasteiger partial charge in [-0.3, -0.25) is 4.79 Å². The molecule has 1 atom stereocenters. The monoisotopic (exact) mass is 430 g/mol. The van der Waals surface area contributed by atoms with Gasteiger partial charge in [-0.1, -0.05) is 18.2 Å². The maximum absolute atomic E-state index is 13.6. The van der Waals surface area contributed by atoms with Gasteiger partial charge in [0.05, 0.1) is 16.8 Å². The Morgan fingerprint density at radius 2 is 2.07 bits per heavy atom. The molecule has 0 aliphatic rings. The number of anilines is 1. The summed E-state index contributed by atoms with van der Waals surface area (Å²) in [6, 6.07) is 11.4. The molecule has 1 aromatic heterocycles. The number of rotatable bonds is 7. The molecule has 1 unspecified atom stereocenters. The number of carbonyl (C=O) groups excluding carboxylic acids is 2. The summed E-state index contributed by atoms with van der Waals surface area (Å²) < 4.78 is 19.0. The Balaban J connectivity index is 1.63. The molecule has 0 fully saturated rings. The lowest BCUT2D eigenvalue weighted by atomic mass is 10.2. The maximum Gasteiger partial charge on any atom is 0.340 e. The van der Waals surface area contributed by atoms with Gasteiger partial charge in [0.15, 0.2) is 6.10 Å². The number of aryl methyl sites for hydroxylation is 1.